The molecule has 1 aromatic carbocycles. The van der Waals surface area contributed by atoms with E-state index in [0.717, 1.165) is 11.3 Å². The standard InChI is InChI=1S/C15H16N2O4/c1-20-15(19)17-13(18)10-16-14(12-8-5-9-21-12)11-6-3-2-4-7-11/h2-9,14,16H,10H2,1H3,(H,17,18,19)/p+1/t14-/m1/s1. The van der Waals surface area contributed by atoms with Crippen LogP contribution in [0.3, 0.4) is 0 Å². The van der Waals surface area contributed by atoms with Crippen molar-refractivity contribution in [2.45, 2.75) is 6.04 Å². The molecule has 0 saturated carbocycles. The highest BCUT2D eigenvalue weighted by Crippen LogP contribution is 2.18. The Labute approximate surface area is 122 Å². The zero-order valence-electron chi connectivity index (χ0n) is 11.6. The molecule has 0 fully saturated rings. The number of hydrogen-bond acceptors (Lipinski definition) is 4. The molecule has 0 aliphatic carbocycles. The number of alkyl carbamates (subject to hydrolysis) is 1. The van der Waals surface area contributed by atoms with Crippen LogP contribution in [0.4, 0.5) is 4.79 Å². The second-order valence-electron chi connectivity index (χ2n) is 4.38. The second-order valence-corrected chi connectivity index (χ2v) is 4.38. The van der Waals surface area contributed by atoms with Gasteiger partial charge in [0.2, 0.25) is 0 Å². The molecule has 1 aromatic heterocycles. The highest BCUT2D eigenvalue weighted by Gasteiger charge is 2.21. The van der Waals surface area contributed by atoms with Crippen LogP contribution >= 0.6 is 0 Å². The molecule has 0 aliphatic heterocycles. The normalized spacial score (nSPS) is 11.7. The van der Waals surface area contributed by atoms with Gasteiger partial charge >= 0.3 is 6.09 Å². The van der Waals surface area contributed by atoms with E-state index in [4.69, 9.17) is 4.42 Å². The van der Waals surface area contributed by atoms with Crippen molar-refractivity contribution in [3.05, 3.63) is 60.1 Å². The van der Waals surface area contributed by atoms with Gasteiger partial charge in [0, 0.05) is 5.56 Å². The maximum absolute atomic E-state index is 11.6. The van der Waals surface area contributed by atoms with E-state index >= 15 is 0 Å². The summed E-state index contributed by atoms with van der Waals surface area (Å²) in [4.78, 5) is 22.6. The van der Waals surface area contributed by atoms with Crippen LogP contribution in [0.25, 0.3) is 0 Å². The van der Waals surface area contributed by atoms with E-state index in [-0.39, 0.29) is 12.6 Å². The Morgan fingerprint density at radius 3 is 2.62 bits per heavy atom. The van der Waals surface area contributed by atoms with Crippen LogP contribution in [0.1, 0.15) is 17.4 Å². The largest absolute Gasteiger partial charge is 0.463 e. The van der Waals surface area contributed by atoms with Crippen molar-refractivity contribution < 1.29 is 24.1 Å². The van der Waals surface area contributed by atoms with Gasteiger partial charge in [-0.15, -0.1) is 0 Å². The molecule has 1 atom stereocenters. The number of carbonyl (C=O) groups excluding carboxylic acids is 2. The first-order valence-electron chi connectivity index (χ1n) is 6.50. The summed E-state index contributed by atoms with van der Waals surface area (Å²) in [5.41, 5.74) is 1.01. The summed E-state index contributed by atoms with van der Waals surface area (Å²) in [5.74, 6) is 0.321. The fraction of sp³-hybridized carbons (Fsp3) is 0.200. The summed E-state index contributed by atoms with van der Waals surface area (Å²) in [5, 5.41) is 3.92. The molecule has 6 heteroatoms. The Morgan fingerprint density at radius 2 is 2.00 bits per heavy atom. The molecule has 0 saturated heterocycles. The number of quaternary nitrogens is 1. The van der Waals surface area contributed by atoms with Crippen LogP contribution in [-0.4, -0.2) is 25.7 Å². The predicted molar refractivity (Wildman–Crippen MR) is 74.3 cm³/mol. The fourth-order valence-electron chi connectivity index (χ4n) is 1.99. The Hall–Kier alpha value is -2.60. The van der Waals surface area contributed by atoms with E-state index < -0.39 is 12.0 Å². The van der Waals surface area contributed by atoms with E-state index in [9.17, 15) is 9.59 Å². The van der Waals surface area contributed by atoms with Crippen LogP contribution in [0.2, 0.25) is 0 Å². The summed E-state index contributed by atoms with van der Waals surface area (Å²) in [6.45, 7) is 0.0787. The number of hydrogen-bond donors (Lipinski definition) is 2. The minimum Gasteiger partial charge on any atom is -0.463 e. The number of imide groups is 1. The molecule has 2 aromatic rings. The molecule has 0 unspecified atom stereocenters. The fourth-order valence-corrected chi connectivity index (χ4v) is 1.99. The monoisotopic (exact) mass is 289 g/mol. The molecular weight excluding hydrogens is 272 g/mol. The lowest BCUT2D eigenvalue weighted by Crippen LogP contribution is -2.87. The molecule has 1 heterocycles. The number of amides is 2. The van der Waals surface area contributed by atoms with Gasteiger partial charge in [0.25, 0.3) is 5.91 Å². The molecule has 3 N–H and O–H groups in total. The first-order chi connectivity index (χ1) is 10.2. The average molecular weight is 289 g/mol. The maximum Gasteiger partial charge on any atom is 0.413 e. The number of benzene rings is 1. The van der Waals surface area contributed by atoms with Crippen molar-refractivity contribution in [2.75, 3.05) is 13.7 Å². The number of carbonyl (C=O) groups is 2. The van der Waals surface area contributed by atoms with Gasteiger partial charge in [-0.3, -0.25) is 10.1 Å². The van der Waals surface area contributed by atoms with Crippen LogP contribution in [0.5, 0.6) is 0 Å². The van der Waals surface area contributed by atoms with E-state index in [1.165, 1.54) is 7.11 Å². The lowest BCUT2D eigenvalue weighted by atomic mass is 10.0. The van der Waals surface area contributed by atoms with Gasteiger partial charge in [0.1, 0.15) is 0 Å². The molecule has 0 aliphatic rings. The minimum atomic E-state index is -0.761. The van der Waals surface area contributed by atoms with Crippen molar-refractivity contribution >= 4 is 12.0 Å². The Kier molecular flexibility index (Phi) is 5.11. The van der Waals surface area contributed by atoms with Crippen LogP contribution < -0.4 is 10.6 Å². The van der Waals surface area contributed by atoms with Gasteiger partial charge in [0.05, 0.1) is 13.4 Å². The number of nitrogens with one attached hydrogen (secondary N) is 1. The quantitative estimate of drug-likeness (QED) is 0.853. The Balaban J connectivity index is 2.04. The number of nitrogens with two attached hydrogens (primary N) is 1. The number of methoxy groups -OCH3 is 1. The molecule has 2 amide bonds. The van der Waals surface area contributed by atoms with Crippen molar-refractivity contribution in [3.8, 4) is 0 Å². The minimum absolute atomic E-state index is 0.0787. The smallest absolute Gasteiger partial charge is 0.413 e. The number of rotatable bonds is 5. The molecule has 2 rings (SSSR count). The highest BCUT2D eigenvalue weighted by atomic mass is 16.5. The number of furan rings is 1. The molecular formula is C15H17N2O4+. The van der Waals surface area contributed by atoms with Crippen molar-refractivity contribution in [1.29, 1.82) is 0 Å². The molecule has 0 bridgehead atoms. The van der Waals surface area contributed by atoms with Gasteiger partial charge in [-0.25, -0.2) is 4.79 Å². The molecule has 110 valence electrons. The van der Waals surface area contributed by atoms with E-state index in [1.54, 1.807) is 17.6 Å². The van der Waals surface area contributed by atoms with Gasteiger partial charge in [-0.1, -0.05) is 30.3 Å². The van der Waals surface area contributed by atoms with Crippen molar-refractivity contribution in [1.82, 2.24) is 5.32 Å². The predicted octanol–water partition coefficient (Wildman–Crippen LogP) is 0.815. The van der Waals surface area contributed by atoms with Crippen LogP contribution in [-0.2, 0) is 9.53 Å². The Morgan fingerprint density at radius 1 is 1.24 bits per heavy atom. The van der Waals surface area contributed by atoms with Crippen molar-refractivity contribution in [3.63, 3.8) is 0 Å². The van der Waals surface area contributed by atoms with E-state index in [1.807, 2.05) is 36.4 Å². The molecule has 0 spiro atoms. The van der Waals surface area contributed by atoms with Gasteiger partial charge < -0.3 is 14.5 Å². The first-order valence-corrected chi connectivity index (χ1v) is 6.50. The van der Waals surface area contributed by atoms with Crippen LogP contribution in [0.15, 0.2) is 53.1 Å². The van der Waals surface area contributed by atoms with Crippen molar-refractivity contribution in [2.24, 2.45) is 0 Å². The van der Waals surface area contributed by atoms with Crippen LogP contribution in [0, 0.1) is 0 Å². The third-order valence-electron chi connectivity index (χ3n) is 2.97. The second kappa shape index (κ2) is 7.25. The molecule has 6 nitrogen and oxygen atoms in total. The SMILES string of the molecule is COC(=O)NC(=O)C[NH2+][C@H](c1ccccc1)c1ccco1. The van der Waals surface area contributed by atoms with E-state index in [0.29, 0.717) is 0 Å². The van der Waals surface area contributed by atoms with E-state index in [2.05, 4.69) is 10.1 Å². The lowest BCUT2D eigenvalue weighted by Gasteiger charge is -2.13. The summed E-state index contributed by atoms with van der Waals surface area (Å²) >= 11 is 0. The Bertz CT molecular complexity index is 581. The third-order valence-corrected chi connectivity index (χ3v) is 2.97. The maximum atomic E-state index is 11.6. The topological polar surface area (TPSA) is 85.1 Å². The highest BCUT2D eigenvalue weighted by molar-refractivity contribution is 5.92. The zero-order valence-corrected chi connectivity index (χ0v) is 11.6. The molecule has 21 heavy (non-hydrogen) atoms. The summed E-state index contributed by atoms with van der Waals surface area (Å²) in [6, 6.07) is 13.2. The zero-order chi connectivity index (χ0) is 15.1. The average Bonchev–Trinajstić information content (AvgIpc) is 3.02. The third kappa shape index (κ3) is 4.19. The van der Waals surface area contributed by atoms with Gasteiger partial charge in [0.15, 0.2) is 18.3 Å². The van der Waals surface area contributed by atoms with Gasteiger partial charge in [-0.2, -0.15) is 0 Å². The summed E-state index contributed by atoms with van der Waals surface area (Å²) in [7, 11) is 1.21. The summed E-state index contributed by atoms with van der Waals surface area (Å²) in [6.07, 6.45) is 0.829. The lowest BCUT2D eigenvalue weighted by molar-refractivity contribution is -0.678. The first kappa shape index (κ1) is 14.8. The van der Waals surface area contributed by atoms with Gasteiger partial charge in [-0.05, 0) is 12.1 Å². The molecule has 0 radical (unpaired) electrons. The number of ether oxygens (including phenoxy) is 1. The summed E-state index contributed by atoms with van der Waals surface area (Å²) < 4.78 is 9.81.